The molecule has 0 aromatic carbocycles. The topological polar surface area (TPSA) is 85.8 Å². The normalized spacial score (nSPS) is 12.2. The van der Waals surface area contributed by atoms with Gasteiger partial charge < -0.3 is 11.1 Å². The summed E-state index contributed by atoms with van der Waals surface area (Å²) in [6, 6.07) is 3.12. The van der Waals surface area contributed by atoms with Crippen molar-refractivity contribution in [2.24, 2.45) is 5.73 Å². The van der Waals surface area contributed by atoms with Gasteiger partial charge in [0.2, 0.25) is 5.91 Å². The van der Waals surface area contributed by atoms with Gasteiger partial charge in [0.05, 0.1) is 17.9 Å². The predicted octanol–water partition coefficient (Wildman–Crippen LogP) is 1.25. The van der Waals surface area contributed by atoms with E-state index < -0.39 is 6.04 Å². The Kier molecular flexibility index (Phi) is 3.91. The molecule has 0 fully saturated rings. The molecule has 19 heavy (non-hydrogen) atoms. The van der Waals surface area contributed by atoms with E-state index in [9.17, 15) is 4.79 Å². The third-order valence-corrected chi connectivity index (χ3v) is 2.86. The van der Waals surface area contributed by atoms with E-state index in [1.165, 1.54) is 0 Å². The van der Waals surface area contributed by atoms with Gasteiger partial charge in [0.1, 0.15) is 11.6 Å². The fourth-order valence-corrected chi connectivity index (χ4v) is 1.64. The van der Waals surface area contributed by atoms with E-state index in [1.54, 1.807) is 18.5 Å². The Labute approximate surface area is 111 Å². The quantitative estimate of drug-likeness (QED) is 0.865. The van der Waals surface area contributed by atoms with Crippen molar-refractivity contribution in [2.75, 3.05) is 5.32 Å². The summed E-state index contributed by atoms with van der Waals surface area (Å²) < 4.78 is 1.86. The lowest BCUT2D eigenvalue weighted by atomic mass is 10.2. The van der Waals surface area contributed by atoms with Crippen LogP contribution in [0.25, 0.3) is 5.82 Å². The summed E-state index contributed by atoms with van der Waals surface area (Å²) in [5, 5.41) is 2.73. The number of pyridine rings is 1. The van der Waals surface area contributed by atoms with Crippen LogP contribution in [0.5, 0.6) is 0 Å². The lowest BCUT2D eigenvalue weighted by Crippen LogP contribution is -2.34. The number of carbonyl (C=O) groups is 1. The van der Waals surface area contributed by atoms with E-state index in [0.717, 1.165) is 11.6 Å². The molecule has 0 bridgehead atoms. The van der Waals surface area contributed by atoms with Crippen molar-refractivity contribution in [2.45, 2.75) is 26.3 Å². The molecular formula is C13H17N5O. The SMILES string of the molecule is CC[C@H](N)C(=O)Nc1ccc(-n2ccnc2C)nc1. The summed E-state index contributed by atoms with van der Waals surface area (Å²) in [6.07, 6.45) is 5.76. The highest BCUT2D eigenvalue weighted by atomic mass is 16.2. The number of nitrogens with one attached hydrogen (secondary N) is 1. The second-order valence-corrected chi connectivity index (χ2v) is 4.25. The van der Waals surface area contributed by atoms with Gasteiger partial charge in [-0.3, -0.25) is 9.36 Å². The van der Waals surface area contributed by atoms with E-state index in [1.807, 2.05) is 30.7 Å². The Morgan fingerprint density at radius 2 is 2.26 bits per heavy atom. The first-order valence-electron chi connectivity index (χ1n) is 6.14. The molecule has 0 unspecified atom stereocenters. The molecule has 1 amide bonds. The molecule has 0 spiro atoms. The number of hydrogen-bond donors (Lipinski definition) is 2. The minimum atomic E-state index is -0.490. The Balaban J connectivity index is 2.11. The Morgan fingerprint density at radius 3 is 2.79 bits per heavy atom. The van der Waals surface area contributed by atoms with Gasteiger partial charge in [-0.1, -0.05) is 6.92 Å². The molecule has 0 radical (unpaired) electrons. The van der Waals surface area contributed by atoms with E-state index in [0.29, 0.717) is 12.1 Å². The van der Waals surface area contributed by atoms with E-state index in [-0.39, 0.29) is 5.91 Å². The van der Waals surface area contributed by atoms with Crippen molar-refractivity contribution >= 4 is 11.6 Å². The van der Waals surface area contributed by atoms with Crippen LogP contribution in [0, 0.1) is 6.92 Å². The van der Waals surface area contributed by atoms with Gasteiger partial charge in [0.15, 0.2) is 0 Å². The van der Waals surface area contributed by atoms with Gasteiger partial charge in [0, 0.05) is 12.4 Å². The zero-order valence-corrected chi connectivity index (χ0v) is 11.0. The Hall–Kier alpha value is -2.21. The van der Waals surface area contributed by atoms with E-state index >= 15 is 0 Å². The fraction of sp³-hybridized carbons (Fsp3) is 0.308. The zero-order chi connectivity index (χ0) is 13.8. The fourth-order valence-electron chi connectivity index (χ4n) is 1.64. The Bertz CT molecular complexity index is 561. The van der Waals surface area contributed by atoms with Crippen LogP contribution in [0.15, 0.2) is 30.7 Å². The summed E-state index contributed by atoms with van der Waals surface area (Å²) in [7, 11) is 0. The molecule has 0 aliphatic heterocycles. The molecule has 0 saturated carbocycles. The van der Waals surface area contributed by atoms with Crippen LogP contribution in [0.4, 0.5) is 5.69 Å². The molecule has 2 heterocycles. The average Bonchev–Trinajstić information content (AvgIpc) is 2.85. The van der Waals surface area contributed by atoms with Gasteiger partial charge in [0.25, 0.3) is 0 Å². The highest BCUT2D eigenvalue weighted by Crippen LogP contribution is 2.11. The van der Waals surface area contributed by atoms with E-state index in [2.05, 4.69) is 15.3 Å². The first kappa shape index (κ1) is 13.2. The molecule has 6 heteroatoms. The number of aromatic nitrogens is 3. The van der Waals surface area contributed by atoms with Crippen LogP contribution < -0.4 is 11.1 Å². The van der Waals surface area contributed by atoms with Crippen LogP contribution in [-0.2, 0) is 4.79 Å². The minimum absolute atomic E-state index is 0.198. The number of anilines is 1. The summed E-state index contributed by atoms with van der Waals surface area (Å²) in [6.45, 7) is 3.77. The molecule has 2 aromatic rings. The lowest BCUT2D eigenvalue weighted by molar-refractivity contribution is -0.117. The minimum Gasteiger partial charge on any atom is -0.323 e. The van der Waals surface area contributed by atoms with E-state index in [4.69, 9.17) is 5.73 Å². The first-order chi connectivity index (χ1) is 9.11. The Morgan fingerprint density at radius 1 is 1.47 bits per heavy atom. The average molecular weight is 259 g/mol. The number of carbonyl (C=O) groups excluding carboxylic acids is 1. The first-order valence-corrected chi connectivity index (χ1v) is 6.14. The van der Waals surface area contributed by atoms with Crippen LogP contribution in [0.1, 0.15) is 19.2 Å². The predicted molar refractivity (Wildman–Crippen MR) is 73.0 cm³/mol. The number of hydrogen-bond acceptors (Lipinski definition) is 4. The van der Waals surface area contributed by atoms with Gasteiger partial charge in [-0.15, -0.1) is 0 Å². The van der Waals surface area contributed by atoms with Gasteiger partial charge >= 0.3 is 0 Å². The van der Waals surface area contributed by atoms with Crippen LogP contribution in [0.2, 0.25) is 0 Å². The molecular weight excluding hydrogens is 242 g/mol. The number of rotatable bonds is 4. The van der Waals surface area contributed by atoms with Gasteiger partial charge in [-0.05, 0) is 25.5 Å². The summed E-state index contributed by atoms with van der Waals surface area (Å²) in [4.78, 5) is 20.1. The van der Waals surface area contributed by atoms with Crippen molar-refractivity contribution in [3.63, 3.8) is 0 Å². The molecule has 100 valence electrons. The molecule has 2 aromatic heterocycles. The maximum Gasteiger partial charge on any atom is 0.241 e. The number of nitrogens with two attached hydrogens (primary N) is 1. The van der Waals surface area contributed by atoms with Crippen LogP contribution >= 0.6 is 0 Å². The van der Waals surface area contributed by atoms with Crippen LogP contribution in [-0.4, -0.2) is 26.5 Å². The number of imidazole rings is 1. The molecule has 0 aliphatic carbocycles. The number of amides is 1. The molecule has 0 aliphatic rings. The van der Waals surface area contributed by atoms with Gasteiger partial charge in [-0.2, -0.15) is 0 Å². The standard InChI is InChI=1S/C13H17N5O/c1-3-11(14)13(19)17-10-4-5-12(16-8-10)18-7-6-15-9(18)2/h4-8,11H,3,14H2,1-2H3,(H,17,19)/t11-/m0/s1. The third-order valence-electron chi connectivity index (χ3n) is 2.86. The monoisotopic (exact) mass is 259 g/mol. The highest BCUT2D eigenvalue weighted by molar-refractivity contribution is 5.94. The summed E-state index contributed by atoms with van der Waals surface area (Å²) in [5.41, 5.74) is 6.28. The van der Waals surface area contributed by atoms with Crippen molar-refractivity contribution in [1.29, 1.82) is 0 Å². The molecule has 1 atom stereocenters. The molecule has 0 saturated heterocycles. The number of aryl methyl sites for hydroxylation is 1. The number of nitrogens with zero attached hydrogens (tertiary/aromatic N) is 3. The maximum absolute atomic E-state index is 11.6. The maximum atomic E-state index is 11.6. The van der Waals surface area contributed by atoms with Crippen molar-refractivity contribution in [1.82, 2.24) is 14.5 Å². The summed E-state index contributed by atoms with van der Waals surface area (Å²) in [5.74, 6) is 1.42. The van der Waals surface area contributed by atoms with Crippen LogP contribution in [0.3, 0.4) is 0 Å². The molecule has 3 N–H and O–H groups in total. The largest absolute Gasteiger partial charge is 0.323 e. The van der Waals surface area contributed by atoms with Crippen molar-refractivity contribution in [3.8, 4) is 5.82 Å². The highest BCUT2D eigenvalue weighted by Gasteiger charge is 2.11. The molecule has 2 rings (SSSR count). The molecule has 6 nitrogen and oxygen atoms in total. The lowest BCUT2D eigenvalue weighted by Gasteiger charge is -2.10. The van der Waals surface area contributed by atoms with Gasteiger partial charge in [-0.25, -0.2) is 9.97 Å². The zero-order valence-electron chi connectivity index (χ0n) is 11.0. The van der Waals surface area contributed by atoms with Crippen molar-refractivity contribution < 1.29 is 4.79 Å². The second kappa shape index (κ2) is 5.62. The summed E-state index contributed by atoms with van der Waals surface area (Å²) >= 11 is 0. The second-order valence-electron chi connectivity index (χ2n) is 4.25. The smallest absolute Gasteiger partial charge is 0.241 e. The third kappa shape index (κ3) is 2.97. The van der Waals surface area contributed by atoms with Crippen molar-refractivity contribution in [3.05, 3.63) is 36.5 Å².